The van der Waals surface area contributed by atoms with E-state index in [0.717, 1.165) is 4.55 Å². The molecule has 0 spiro atoms. The second kappa shape index (κ2) is 14.9. The molecule has 1 atom stereocenters. The van der Waals surface area contributed by atoms with Crippen LogP contribution in [-0.2, 0) is 6.42 Å². The Balaban J connectivity index is 0. The third kappa shape index (κ3) is 9.85. The van der Waals surface area contributed by atoms with Crippen molar-refractivity contribution in [2.45, 2.75) is 52.5 Å². The minimum absolute atomic E-state index is 0. The molecule has 0 aliphatic rings. The quantitative estimate of drug-likeness (QED) is 0.444. The van der Waals surface area contributed by atoms with E-state index in [1.54, 1.807) is 0 Å². The molecular formula is C15H28INO. The van der Waals surface area contributed by atoms with Crippen LogP contribution in [0.3, 0.4) is 0 Å². The van der Waals surface area contributed by atoms with Gasteiger partial charge in [-0.2, -0.15) is 0 Å². The molecule has 1 aromatic carbocycles. The third-order valence-electron chi connectivity index (χ3n) is 2.72. The highest BCUT2D eigenvalue weighted by atomic mass is 127. The van der Waals surface area contributed by atoms with Gasteiger partial charge in [-0.1, -0.05) is 73.7 Å². The zero-order valence-electron chi connectivity index (χ0n) is 11.9. The normalized spacial score (nSPS) is 10.9. The zero-order valence-corrected chi connectivity index (χ0v) is 14.0. The smallest absolute Gasteiger partial charge is 0.0482 e. The highest BCUT2D eigenvalue weighted by molar-refractivity contribution is 14.1. The molecule has 0 amide bonds. The first-order valence-corrected chi connectivity index (χ1v) is 8.22. The van der Waals surface area contributed by atoms with E-state index in [1.165, 1.54) is 31.2 Å². The Morgan fingerprint density at radius 2 is 1.78 bits per heavy atom. The molecular weight excluding hydrogens is 337 g/mol. The Hall–Kier alpha value is -0.130. The Morgan fingerprint density at radius 1 is 1.17 bits per heavy atom. The number of hydrogen-bond acceptors (Lipinski definition) is 1. The molecule has 18 heavy (non-hydrogen) atoms. The molecule has 1 rings (SSSR count). The van der Waals surface area contributed by atoms with Gasteiger partial charge in [0.1, 0.15) is 0 Å². The van der Waals surface area contributed by atoms with Gasteiger partial charge in [0, 0.05) is 10.6 Å². The molecule has 106 valence electrons. The number of rotatable bonds is 7. The molecule has 1 unspecified atom stereocenters. The lowest BCUT2D eigenvalue weighted by Crippen LogP contribution is -2.26. The van der Waals surface area contributed by atoms with E-state index in [9.17, 15) is 0 Å². The molecule has 0 radical (unpaired) electrons. The van der Waals surface area contributed by atoms with Crippen LogP contribution < -0.4 is 5.32 Å². The predicted molar refractivity (Wildman–Crippen MR) is 90.4 cm³/mol. The van der Waals surface area contributed by atoms with E-state index in [1.807, 2.05) is 13.8 Å². The summed E-state index contributed by atoms with van der Waals surface area (Å²) in [6.07, 6.45) is 5.01. The lowest BCUT2D eigenvalue weighted by atomic mass is 10.0. The largest absolute Gasteiger partial charge is 0.412 e. The van der Waals surface area contributed by atoms with Crippen molar-refractivity contribution in [3.63, 3.8) is 0 Å². The SMILES string of the molecule is CC.CCC(CCCc1ccccc1)NCI.O. The maximum atomic E-state index is 3.51. The van der Waals surface area contributed by atoms with Crippen molar-refractivity contribution in [2.75, 3.05) is 4.55 Å². The summed E-state index contributed by atoms with van der Waals surface area (Å²) in [5.74, 6) is 0. The maximum absolute atomic E-state index is 3.51. The van der Waals surface area contributed by atoms with Gasteiger partial charge in [0.25, 0.3) is 0 Å². The number of nitrogens with one attached hydrogen (secondary N) is 1. The second-order valence-electron chi connectivity index (χ2n) is 3.82. The summed E-state index contributed by atoms with van der Waals surface area (Å²) in [7, 11) is 0. The number of hydrogen-bond donors (Lipinski definition) is 1. The van der Waals surface area contributed by atoms with Gasteiger partial charge in [-0.15, -0.1) is 0 Å². The van der Waals surface area contributed by atoms with Gasteiger partial charge in [0.05, 0.1) is 0 Å². The predicted octanol–water partition coefficient (Wildman–Crippen LogP) is 3.97. The van der Waals surface area contributed by atoms with Crippen molar-refractivity contribution < 1.29 is 5.48 Å². The zero-order chi connectivity index (χ0) is 12.9. The number of aryl methyl sites for hydroxylation is 1. The fourth-order valence-corrected chi connectivity index (χ4v) is 2.38. The minimum Gasteiger partial charge on any atom is -0.412 e. The molecule has 0 saturated heterocycles. The first kappa shape index (κ1) is 20.2. The highest BCUT2D eigenvalue weighted by Gasteiger charge is 2.03. The second-order valence-corrected chi connectivity index (χ2v) is 4.58. The van der Waals surface area contributed by atoms with Crippen molar-refractivity contribution in [3.05, 3.63) is 35.9 Å². The molecule has 3 heteroatoms. The van der Waals surface area contributed by atoms with Gasteiger partial charge >= 0.3 is 0 Å². The summed E-state index contributed by atoms with van der Waals surface area (Å²) in [5.41, 5.74) is 1.46. The topological polar surface area (TPSA) is 43.5 Å². The summed E-state index contributed by atoms with van der Waals surface area (Å²) in [5, 5.41) is 3.51. The van der Waals surface area contributed by atoms with Crippen LogP contribution in [0.5, 0.6) is 0 Å². The van der Waals surface area contributed by atoms with Gasteiger partial charge in [0.2, 0.25) is 0 Å². The summed E-state index contributed by atoms with van der Waals surface area (Å²) in [4.78, 5) is 0. The third-order valence-corrected chi connectivity index (χ3v) is 3.16. The Labute approximate surface area is 126 Å². The van der Waals surface area contributed by atoms with Crippen LogP contribution in [0.1, 0.15) is 45.6 Å². The molecule has 0 bridgehead atoms. The molecule has 0 fully saturated rings. The first-order valence-electron chi connectivity index (χ1n) is 6.70. The molecule has 3 N–H and O–H groups in total. The monoisotopic (exact) mass is 365 g/mol. The highest BCUT2D eigenvalue weighted by Crippen LogP contribution is 2.08. The summed E-state index contributed by atoms with van der Waals surface area (Å²) < 4.78 is 1.06. The van der Waals surface area contributed by atoms with E-state index >= 15 is 0 Å². The fourth-order valence-electron chi connectivity index (χ4n) is 1.76. The van der Waals surface area contributed by atoms with Crippen LogP contribution in [0, 0.1) is 0 Å². The Morgan fingerprint density at radius 3 is 2.28 bits per heavy atom. The lowest BCUT2D eigenvalue weighted by molar-refractivity contribution is 0.489. The van der Waals surface area contributed by atoms with E-state index in [0.29, 0.717) is 6.04 Å². The molecule has 2 nitrogen and oxygen atoms in total. The minimum atomic E-state index is 0. The van der Waals surface area contributed by atoms with E-state index in [2.05, 4.69) is 65.2 Å². The summed E-state index contributed by atoms with van der Waals surface area (Å²) in [6.45, 7) is 6.26. The van der Waals surface area contributed by atoms with Crippen LogP contribution in [0.15, 0.2) is 30.3 Å². The van der Waals surface area contributed by atoms with Gasteiger partial charge in [-0.25, -0.2) is 0 Å². The van der Waals surface area contributed by atoms with Gasteiger partial charge < -0.3 is 10.8 Å². The maximum Gasteiger partial charge on any atom is 0.0482 e. The standard InChI is InChI=1S/C13H20IN.C2H6.H2O/c1-2-13(15-11-14)10-6-9-12-7-4-3-5-8-12;1-2;/h3-5,7-8,13,15H,2,6,9-11H2,1H3;1-2H3;1H2. The summed E-state index contributed by atoms with van der Waals surface area (Å²) in [6, 6.07) is 11.5. The van der Waals surface area contributed by atoms with Gasteiger partial charge in [-0.3, -0.25) is 0 Å². The number of benzene rings is 1. The molecule has 0 aliphatic carbocycles. The average molecular weight is 365 g/mol. The van der Waals surface area contributed by atoms with Gasteiger partial charge in [0.15, 0.2) is 0 Å². The summed E-state index contributed by atoms with van der Waals surface area (Å²) >= 11 is 2.38. The first-order chi connectivity index (χ1) is 8.36. The van der Waals surface area contributed by atoms with Crippen molar-refractivity contribution in [2.24, 2.45) is 0 Å². The average Bonchev–Trinajstić information content (AvgIpc) is 2.41. The molecule has 0 saturated carbocycles. The van der Waals surface area contributed by atoms with Crippen molar-refractivity contribution in [1.29, 1.82) is 0 Å². The van der Waals surface area contributed by atoms with Crippen LogP contribution in [-0.4, -0.2) is 16.1 Å². The molecule has 0 aliphatic heterocycles. The van der Waals surface area contributed by atoms with Crippen LogP contribution in [0.25, 0.3) is 0 Å². The van der Waals surface area contributed by atoms with Crippen molar-refractivity contribution in [1.82, 2.24) is 5.32 Å². The number of halogens is 1. The Bertz CT molecular complexity index is 254. The molecule has 0 heterocycles. The number of alkyl halides is 1. The lowest BCUT2D eigenvalue weighted by Gasteiger charge is -2.14. The molecule has 0 aromatic heterocycles. The van der Waals surface area contributed by atoms with Gasteiger partial charge in [-0.05, 0) is 31.2 Å². The molecule has 1 aromatic rings. The van der Waals surface area contributed by atoms with Crippen LogP contribution >= 0.6 is 22.6 Å². The fraction of sp³-hybridized carbons (Fsp3) is 0.600. The Kier molecular flexibility index (Phi) is 16.7. The van der Waals surface area contributed by atoms with E-state index in [4.69, 9.17) is 0 Å². The van der Waals surface area contributed by atoms with E-state index in [-0.39, 0.29) is 5.48 Å². The van der Waals surface area contributed by atoms with Crippen molar-refractivity contribution >= 4 is 22.6 Å². The van der Waals surface area contributed by atoms with Crippen LogP contribution in [0.2, 0.25) is 0 Å². The van der Waals surface area contributed by atoms with Crippen molar-refractivity contribution in [3.8, 4) is 0 Å². The van der Waals surface area contributed by atoms with Crippen LogP contribution in [0.4, 0.5) is 0 Å². The van der Waals surface area contributed by atoms with E-state index < -0.39 is 0 Å².